The second kappa shape index (κ2) is 6.53. The molecular formula is C15H25NO2S. The second-order valence-electron chi connectivity index (χ2n) is 5.31. The van der Waals surface area contributed by atoms with Gasteiger partial charge in [-0.25, -0.2) is 8.42 Å². The van der Waals surface area contributed by atoms with Gasteiger partial charge in [0.2, 0.25) is 0 Å². The predicted molar refractivity (Wildman–Crippen MR) is 80.3 cm³/mol. The van der Waals surface area contributed by atoms with E-state index in [4.69, 9.17) is 0 Å². The Morgan fingerprint density at radius 2 is 1.84 bits per heavy atom. The smallest absolute Gasteiger partial charge is 0.179 e. The third-order valence-corrected chi connectivity index (χ3v) is 5.71. The Hall–Kier alpha value is -0.870. The predicted octanol–water partition coefficient (Wildman–Crippen LogP) is 2.71. The summed E-state index contributed by atoms with van der Waals surface area (Å²) in [6.07, 6.45) is 0.966. The lowest BCUT2D eigenvalue weighted by atomic mass is 10.0. The first-order valence-corrected chi connectivity index (χ1v) is 8.44. The van der Waals surface area contributed by atoms with Gasteiger partial charge in [0.25, 0.3) is 0 Å². The summed E-state index contributed by atoms with van der Waals surface area (Å²) in [5.41, 5.74) is 2.14. The molecule has 0 heterocycles. The van der Waals surface area contributed by atoms with Crippen molar-refractivity contribution in [2.45, 2.75) is 45.1 Å². The minimum atomic E-state index is -3.23. The van der Waals surface area contributed by atoms with Crippen LogP contribution in [0.25, 0.3) is 0 Å². The molecule has 0 aliphatic carbocycles. The molecule has 2 unspecified atom stereocenters. The molecule has 0 saturated carbocycles. The van der Waals surface area contributed by atoms with Crippen molar-refractivity contribution in [2.75, 3.05) is 12.8 Å². The van der Waals surface area contributed by atoms with E-state index in [1.165, 1.54) is 0 Å². The fraction of sp³-hybridized carbons (Fsp3) is 0.600. The summed E-state index contributed by atoms with van der Waals surface area (Å²) in [4.78, 5) is 0.430. The molecule has 0 radical (unpaired) electrons. The molecule has 1 rings (SSSR count). The van der Waals surface area contributed by atoms with Gasteiger partial charge in [0, 0.05) is 6.04 Å². The average Bonchev–Trinajstić information content (AvgIpc) is 2.38. The lowest BCUT2D eigenvalue weighted by molar-refractivity contribution is 0.414. The van der Waals surface area contributed by atoms with Gasteiger partial charge in [-0.15, -0.1) is 0 Å². The van der Waals surface area contributed by atoms with Crippen LogP contribution in [0.3, 0.4) is 0 Å². The molecule has 0 bridgehead atoms. The second-order valence-corrected chi connectivity index (χ2v) is 7.34. The Bertz CT molecular complexity index is 523. The van der Waals surface area contributed by atoms with Crippen molar-refractivity contribution in [3.05, 3.63) is 29.3 Å². The Morgan fingerprint density at radius 1 is 1.21 bits per heavy atom. The number of aryl methyl sites for hydroxylation is 2. The first kappa shape index (κ1) is 16.2. The topological polar surface area (TPSA) is 46.2 Å². The van der Waals surface area contributed by atoms with Gasteiger partial charge >= 0.3 is 0 Å². The maximum absolute atomic E-state index is 12.4. The van der Waals surface area contributed by atoms with E-state index < -0.39 is 9.84 Å². The molecule has 108 valence electrons. The molecule has 0 aromatic heterocycles. The van der Waals surface area contributed by atoms with Gasteiger partial charge in [0.1, 0.15) is 0 Å². The molecular weight excluding hydrogens is 258 g/mol. The highest BCUT2D eigenvalue weighted by Gasteiger charge is 2.23. The third-order valence-electron chi connectivity index (χ3n) is 3.94. The number of sulfone groups is 1. The maximum Gasteiger partial charge on any atom is 0.179 e. The highest BCUT2D eigenvalue weighted by molar-refractivity contribution is 7.91. The monoisotopic (exact) mass is 283 g/mol. The molecule has 4 heteroatoms. The van der Waals surface area contributed by atoms with E-state index in [0.29, 0.717) is 10.8 Å². The summed E-state index contributed by atoms with van der Waals surface area (Å²) in [7, 11) is -1.40. The minimum absolute atomic E-state index is 0.00314. The van der Waals surface area contributed by atoms with Gasteiger partial charge < -0.3 is 5.32 Å². The van der Waals surface area contributed by atoms with Crippen molar-refractivity contribution in [3.8, 4) is 0 Å². The van der Waals surface area contributed by atoms with E-state index in [1.54, 1.807) is 12.1 Å². The zero-order chi connectivity index (χ0) is 14.6. The summed E-state index contributed by atoms with van der Waals surface area (Å²) >= 11 is 0. The molecule has 0 spiro atoms. The van der Waals surface area contributed by atoms with Crippen LogP contribution in [0.15, 0.2) is 23.1 Å². The molecule has 0 aliphatic rings. The number of hydrogen-bond acceptors (Lipinski definition) is 3. The summed E-state index contributed by atoms with van der Waals surface area (Å²) in [6, 6.07) is 5.35. The van der Waals surface area contributed by atoms with Crippen LogP contribution in [0.5, 0.6) is 0 Å². The fourth-order valence-electron chi connectivity index (χ4n) is 2.06. The van der Waals surface area contributed by atoms with Gasteiger partial charge in [-0.3, -0.25) is 0 Å². The number of rotatable bonds is 6. The standard InChI is InChI=1S/C15H25NO2S/c1-6-11(2)15(16-5)10-19(17,18)14-8-7-12(3)13(4)9-14/h7-9,11,15-16H,6,10H2,1-5H3. The normalized spacial score (nSPS) is 15.2. The molecule has 0 amide bonds. The van der Waals surface area contributed by atoms with E-state index in [9.17, 15) is 8.42 Å². The summed E-state index contributed by atoms with van der Waals surface area (Å²) < 4.78 is 24.9. The van der Waals surface area contributed by atoms with Crippen molar-refractivity contribution in [1.29, 1.82) is 0 Å². The lowest BCUT2D eigenvalue weighted by Gasteiger charge is -2.22. The molecule has 3 nitrogen and oxygen atoms in total. The van der Waals surface area contributed by atoms with Crippen molar-refractivity contribution < 1.29 is 8.42 Å². The Kier molecular flexibility index (Phi) is 5.56. The molecule has 2 atom stereocenters. The summed E-state index contributed by atoms with van der Waals surface area (Å²) in [6.45, 7) is 8.09. The number of benzene rings is 1. The lowest BCUT2D eigenvalue weighted by Crippen LogP contribution is -2.38. The van der Waals surface area contributed by atoms with Crippen molar-refractivity contribution >= 4 is 9.84 Å². The van der Waals surface area contributed by atoms with Crippen molar-refractivity contribution in [3.63, 3.8) is 0 Å². The molecule has 0 fully saturated rings. The van der Waals surface area contributed by atoms with Gasteiger partial charge in [0.05, 0.1) is 10.6 Å². The van der Waals surface area contributed by atoms with Gasteiger partial charge in [-0.1, -0.05) is 26.3 Å². The van der Waals surface area contributed by atoms with Crippen LogP contribution in [-0.4, -0.2) is 27.3 Å². The van der Waals surface area contributed by atoms with Crippen LogP contribution in [-0.2, 0) is 9.84 Å². The quantitative estimate of drug-likeness (QED) is 0.873. The zero-order valence-corrected chi connectivity index (χ0v) is 13.3. The summed E-state index contributed by atoms with van der Waals surface area (Å²) in [5, 5.41) is 3.13. The highest BCUT2D eigenvalue weighted by atomic mass is 32.2. The Balaban J connectivity index is 3.00. The maximum atomic E-state index is 12.4. The molecule has 1 aromatic carbocycles. The average molecular weight is 283 g/mol. The van der Waals surface area contributed by atoms with Crippen LogP contribution in [0, 0.1) is 19.8 Å². The SMILES string of the molecule is CCC(C)C(CS(=O)(=O)c1ccc(C)c(C)c1)NC. The summed E-state index contributed by atoms with van der Waals surface area (Å²) in [5.74, 6) is 0.493. The highest BCUT2D eigenvalue weighted by Crippen LogP contribution is 2.19. The minimum Gasteiger partial charge on any atom is -0.316 e. The third kappa shape index (κ3) is 4.05. The van der Waals surface area contributed by atoms with Crippen LogP contribution in [0.4, 0.5) is 0 Å². The fourth-order valence-corrected chi connectivity index (χ4v) is 3.85. The Morgan fingerprint density at radius 3 is 2.32 bits per heavy atom. The molecule has 1 aromatic rings. The van der Waals surface area contributed by atoms with Gasteiger partial charge in [0.15, 0.2) is 9.84 Å². The number of nitrogens with one attached hydrogen (secondary N) is 1. The zero-order valence-electron chi connectivity index (χ0n) is 12.5. The van der Waals surface area contributed by atoms with Crippen LogP contribution in [0.1, 0.15) is 31.4 Å². The van der Waals surface area contributed by atoms with Crippen molar-refractivity contribution in [2.24, 2.45) is 5.92 Å². The van der Waals surface area contributed by atoms with E-state index in [1.807, 2.05) is 27.0 Å². The molecule has 0 aliphatic heterocycles. The molecule has 0 saturated heterocycles. The van der Waals surface area contributed by atoms with Gasteiger partial charge in [-0.05, 0) is 50.1 Å². The van der Waals surface area contributed by atoms with Crippen molar-refractivity contribution in [1.82, 2.24) is 5.32 Å². The molecule has 1 N–H and O–H groups in total. The first-order valence-electron chi connectivity index (χ1n) is 6.79. The van der Waals surface area contributed by atoms with E-state index >= 15 is 0 Å². The van der Waals surface area contributed by atoms with E-state index in [2.05, 4.69) is 19.2 Å². The van der Waals surface area contributed by atoms with E-state index in [0.717, 1.165) is 17.5 Å². The van der Waals surface area contributed by atoms with E-state index in [-0.39, 0.29) is 11.8 Å². The molecule has 19 heavy (non-hydrogen) atoms. The Labute approximate surface area is 117 Å². The first-order chi connectivity index (χ1) is 8.81. The van der Waals surface area contributed by atoms with Gasteiger partial charge in [-0.2, -0.15) is 0 Å². The number of hydrogen-bond donors (Lipinski definition) is 1. The van der Waals surface area contributed by atoms with Crippen LogP contribution < -0.4 is 5.32 Å². The van der Waals surface area contributed by atoms with Crippen LogP contribution >= 0.6 is 0 Å². The van der Waals surface area contributed by atoms with Crippen LogP contribution in [0.2, 0.25) is 0 Å². The largest absolute Gasteiger partial charge is 0.316 e.